The van der Waals surface area contributed by atoms with Gasteiger partial charge in [-0.2, -0.15) is 13.2 Å². The van der Waals surface area contributed by atoms with Gasteiger partial charge in [0.15, 0.2) is 5.78 Å². The number of hydrogen-bond acceptors (Lipinski definition) is 2. The number of halogens is 3. The molecule has 100 valence electrons. The van der Waals surface area contributed by atoms with Gasteiger partial charge in [0.25, 0.3) is 0 Å². The van der Waals surface area contributed by atoms with Crippen molar-refractivity contribution < 1.29 is 18.0 Å². The number of nitrogens with one attached hydrogen (secondary N) is 1. The van der Waals surface area contributed by atoms with E-state index < -0.39 is 17.3 Å². The highest BCUT2D eigenvalue weighted by atomic mass is 19.4. The first kappa shape index (κ1) is 14.7. The summed E-state index contributed by atoms with van der Waals surface area (Å²) in [6.07, 6.45) is -4.38. The fraction of sp³-hybridized carbons (Fsp3) is 0.462. The first-order valence-corrected chi connectivity index (χ1v) is 5.51. The molecule has 0 saturated carbocycles. The van der Waals surface area contributed by atoms with Crippen LogP contribution in [0.3, 0.4) is 0 Å². The molecule has 5 heteroatoms. The molecular weight excluding hydrogens is 243 g/mol. The van der Waals surface area contributed by atoms with E-state index in [1.165, 1.54) is 13.0 Å². The molecule has 1 aromatic carbocycles. The molecule has 2 nitrogen and oxygen atoms in total. The molecule has 0 aliphatic heterocycles. The molecule has 0 aliphatic carbocycles. The Morgan fingerprint density at radius 1 is 1.22 bits per heavy atom. The topological polar surface area (TPSA) is 29.1 Å². The average molecular weight is 259 g/mol. The summed E-state index contributed by atoms with van der Waals surface area (Å²) in [6.45, 7) is 4.88. The Bertz CT molecular complexity index is 464. The molecule has 0 saturated heterocycles. The second-order valence-electron chi connectivity index (χ2n) is 4.73. The van der Waals surface area contributed by atoms with Crippen molar-refractivity contribution in [3.05, 3.63) is 34.9 Å². The van der Waals surface area contributed by atoms with Crippen molar-refractivity contribution in [1.29, 1.82) is 0 Å². The standard InChI is InChI=1S/C13H16F3NO/c1-8-7-9(13(14,15)16)5-6-10(8)11(18)12(2,3)17-4/h5-7,17H,1-4H3. The molecule has 18 heavy (non-hydrogen) atoms. The highest BCUT2D eigenvalue weighted by molar-refractivity contribution is 6.03. The largest absolute Gasteiger partial charge is 0.416 e. The van der Waals surface area contributed by atoms with Crippen molar-refractivity contribution in [2.75, 3.05) is 7.05 Å². The number of aryl methyl sites for hydroxylation is 1. The van der Waals surface area contributed by atoms with E-state index in [4.69, 9.17) is 0 Å². The summed E-state index contributed by atoms with van der Waals surface area (Å²) in [5.41, 5.74) is -0.899. The van der Waals surface area contributed by atoms with Crippen LogP contribution in [-0.4, -0.2) is 18.4 Å². The summed E-state index contributed by atoms with van der Waals surface area (Å²) in [5, 5.41) is 2.84. The summed E-state index contributed by atoms with van der Waals surface area (Å²) in [6, 6.07) is 3.17. The minimum Gasteiger partial charge on any atom is -0.308 e. The number of benzene rings is 1. The van der Waals surface area contributed by atoms with Gasteiger partial charge in [-0.15, -0.1) is 0 Å². The number of ketones is 1. The molecule has 0 radical (unpaired) electrons. The van der Waals surface area contributed by atoms with E-state index >= 15 is 0 Å². The normalized spacial score (nSPS) is 12.6. The van der Waals surface area contributed by atoms with Crippen molar-refractivity contribution >= 4 is 5.78 Å². The zero-order valence-electron chi connectivity index (χ0n) is 10.8. The van der Waals surface area contributed by atoms with Crippen molar-refractivity contribution in [3.8, 4) is 0 Å². The van der Waals surface area contributed by atoms with Gasteiger partial charge in [0, 0.05) is 5.56 Å². The highest BCUT2D eigenvalue weighted by Gasteiger charge is 2.32. The van der Waals surface area contributed by atoms with Crippen molar-refractivity contribution in [2.24, 2.45) is 0 Å². The van der Waals surface area contributed by atoms with Gasteiger partial charge < -0.3 is 5.32 Å². The van der Waals surface area contributed by atoms with Crippen molar-refractivity contribution in [3.63, 3.8) is 0 Å². The predicted molar refractivity (Wildman–Crippen MR) is 63.7 cm³/mol. The van der Waals surface area contributed by atoms with Gasteiger partial charge in [-0.3, -0.25) is 4.79 Å². The van der Waals surface area contributed by atoms with Crippen LogP contribution in [0.25, 0.3) is 0 Å². The number of hydrogen-bond donors (Lipinski definition) is 1. The summed E-state index contributed by atoms with van der Waals surface area (Å²) >= 11 is 0. The Morgan fingerprint density at radius 3 is 2.17 bits per heavy atom. The molecule has 1 N–H and O–H groups in total. The second kappa shape index (κ2) is 4.72. The smallest absolute Gasteiger partial charge is 0.308 e. The third kappa shape index (κ3) is 2.90. The zero-order valence-corrected chi connectivity index (χ0v) is 10.8. The number of rotatable bonds is 3. The minimum atomic E-state index is -4.38. The Hall–Kier alpha value is -1.36. The van der Waals surface area contributed by atoms with Crippen LogP contribution in [0.4, 0.5) is 13.2 Å². The Labute approximate surface area is 104 Å². The van der Waals surface area contributed by atoms with Gasteiger partial charge in [0.05, 0.1) is 11.1 Å². The lowest BCUT2D eigenvalue weighted by molar-refractivity contribution is -0.137. The first-order chi connectivity index (χ1) is 8.09. The number of carbonyl (C=O) groups excluding carboxylic acids is 1. The summed E-state index contributed by atoms with van der Waals surface area (Å²) in [4.78, 5) is 12.1. The average Bonchev–Trinajstić information content (AvgIpc) is 2.26. The number of carbonyl (C=O) groups is 1. The van der Waals surface area contributed by atoms with E-state index in [1.807, 2.05) is 0 Å². The third-order valence-electron chi connectivity index (χ3n) is 2.99. The van der Waals surface area contributed by atoms with E-state index in [-0.39, 0.29) is 5.78 Å². The summed E-state index contributed by atoms with van der Waals surface area (Å²) in [5.74, 6) is -0.226. The maximum atomic E-state index is 12.5. The van der Waals surface area contributed by atoms with E-state index in [1.54, 1.807) is 20.9 Å². The van der Waals surface area contributed by atoms with Crippen LogP contribution in [0.15, 0.2) is 18.2 Å². The molecule has 0 fully saturated rings. The van der Waals surface area contributed by atoms with Crippen LogP contribution in [0, 0.1) is 6.92 Å². The van der Waals surface area contributed by atoms with Gasteiger partial charge in [0.1, 0.15) is 0 Å². The first-order valence-electron chi connectivity index (χ1n) is 5.51. The van der Waals surface area contributed by atoms with E-state index in [2.05, 4.69) is 5.32 Å². The van der Waals surface area contributed by atoms with Crippen LogP contribution >= 0.6 is 0 Å². The monoisotopic (exact) mass is 259 g/mol. The molecule has 0 amide bonds. The lowest BCUT2D eigenvalue weighted by atomic mass is 9.90. The van der Waals surface area contributed by atoms with Crippen LogP contribution in [0.2, 0.25) is 0 Å². The quantitative estimate of drug-likeness (QED) is 0.845. The van der Waals surface area contributed by atoms with Crippen molar-refractivity contribution in [1.82, 2.24) is 5.32 Å². The predicted octanol–water partition coefficient (Wildman–Crippen LogP) is 3.19. The molecular formula is C13H16F3NO. The Morgan fingerprint density at radius 2 is 1.78 bits per heavy atom. The molecule has 0 aromatic heterocycles. The summed E-state index contributed by atoms with van der Waals surface area (Å²) in [7, 11) is 1.64. The summed E-state index contributed by atoms with van der Waals surface area (Å²) < 4.78 is 37.5. The molecule has 1 aromatic rings. The number of likely N-dealkylation sites (N-methyl/N-ethyl adjacent to an activating group) is 1. The zero-order chi connectivity index (χ0) is 14.1. The maximum absolute atomic E-state index is 12.5. The second-order valence-corrected chi connectivity index (χ2v) is 4.73. The van der Waals surface area contributed by atoms with E-state index in [0.29, 0.717) is 11.1 Å². The molecule has 0 atom stereocenters. The molecule has 0 spiro atoms. The minimum absolute atomic E-state index is 0.226. The lowest BCUT2D eigenvalue weighted by Crippen LogP contribution is -2.44. The van der Waals surface area contributed by atoms with Gasteiger partial charge >= 0.3 is 6.18 Å². The maximum Gasteiger partial charge on any atom is 0.416 e. The Balaban J connectivity index is 3.19. The fourth-order valence-electron chi connectivity index (χ4n) is 1.54. The molecule has 0 unspecified atom stereocenters. The van der Waals surface area contributed by atoms with E-state index in [9.17, 15) is 18.0 Å². The Kier molecular flexibility index (Phi) is 3.86. The van der Waals surface area contributed by atoms with Gasteiger partial charge in [0.2, 0.25) is 0 Å². The van der Waals surface area contributed by atoms with Gasteiger partial charge in [-0.25, -0.2) is 0 Å². The van der Waals surface area contributed by atoms with Crippen LogP contribution in [0.1, 0.15) is 35.3 Å². The molecule has 0 bridgehead atoms. The SMILES string of the molecule is CNC(C)(C)C(=O)c1ccc(C(F)(F)F)cc1C. The molecule has 1 rings (SSSR count). The van der Waals surface area contributed by atoms with Crippen LogP contribution in [-0.2, 0) is 6.18 Å². The van der Waals surface area contributed by atoms with Crippen LogP contribution in [0.5, 0.6) is 0 Å². The van der Waals surface area contributed by atoms with E-state index in [0.717, 1.165) is 12.1 Å². The fourth-order valence-corrected chi connectivity index (χ4v) is 1.54. The number of alkyl halides is 3. The number of Topliss-reactive ketones (excluding diaryl/α,β-unsaturated/α-hetero) is 1. The highest BCUT2D eigenvalue weighted by Crippen LogP contribution is 2.31. The third-order valence-corrected chi connectivity index (χ3v) is 2.99. The van der Waals surface area contributed by atoms with Gasteiger partial charge in [-0.1, -0.05) is 6.07 Å². The van der Waals surface area contributed by atoms with Crippen molar-refractivity contribution in [2.45, 2.75) is 32.5 Å². The van der Waals surface area contributed by atoms with Gasteiger partial charge in [-0.05, 0) is 45.5 Å². The van der Waals surface area contributed by atoms with Crippen LogP contribution < -0.4 is 5.32 Å². The lowest BCUT2D eigenvalue weighted by Gasteiger charge is -2.23. The molecule has 0 heterocycles. The molecule has 0 aliphatic rings.